The van der Waals surface area contributed by atoms with Crippen LogP contribution in [0.1, 0.15) is 20.3 Å². The smallest absolute Gasteiger partial charge is 0.325 e. The van der Waals surface area contributed by atoms with Gasteiger partial charge in [-0.15, -0.1) is 0 Å². The number of quaternary nitrogens is 1. The van der Waals surface area contributed by atoms with Gasteiger partial charge in [0.15, 0.2) is 0 Å². The minimum absolute atomic E-state index is 0.0636. The van der Waals surface area contributed by atoms with Gasteiger partial charge in [0, 0.05) is 0 Å². The van der Waals surface area contributed by atoms with E-state index in [4.69, 9.17) is 4.74 Å². The Balaban J connectivity index is 1.82. The second kappa shape index (κ2) is 6.34. The fraction of sp³-hybridized carbons (Fsp3) is 0.846. The quantitative estimate of drug-likeness (QED) is 0.621. The van der Waals surface area contributed by atoms with Crippen molar-refractivity contribution in [2.24, 2.45) is 5.92 Å². The lowest BCUT2D eigenvalue weighted by molar-refractivity contribution is -0.907. The van der Waals surface area contributed by atoms with E-state index in [1.807, 2.05) is 0 Å². The van der Waals surface area contributed by atoms with Crippen LogP contribution >= 0.6 is 0 Å². The van der Waals surface area contributed by atoms with Crippen LogP contribution in [-0.2, 0) is 9.53 Å². The molecule has 19 heavy (non-hydrogen) atoms. The van der Waals surface area contributed by atoms with Crippen LogP contribution < -0.4 is 10.2 Å². The Morgan fingerprint density at radius 1 is 1.37 bits per heavy atom. The number of nitrogens with zero attached hydrogens (tertiary/aromatic N) is 1. The van der Waals surface area contributed by atoms with Crippen molar-refractivity contribution in [3.63, 3.8) is 0 Å². The maximum absolute atomic E-state index is 12.1. The summed E-state index contributed by atoms with van der Waals surface area (Å²) in [6.45, 7) is 8.89. The number of imide groups is 1. The van der Waals surface area contributed by atoms with Gasteiger partial charge in [-0.3, -0.25) is 9.69 Å². The van der Waals surface area contributed by atoms with Gasteiger partial charge in [0.25, 0.3) is 5.91 Å². The molecular formula is C13H24N3O3+. The van der Waals surface area contributed by atoms with E-state index in [0.29, 0.717) is 18.9 Å². The molecule has 2 aliphatic rings. The van der Waals surface area contributed by atoms with Crippen LogP contribution in [0.4, 0.5) is 4.79 Å². The molecule has 0 bridgehead atoms. The van der Waals surface area contributed by atoms with E-state index in [2.05, 4.69) is 19.2 Å². The van der Waals surface area contributed by atoms with Crippen molar-refractivity contribution in [1.82, 2.24) is 10.2 Å². The number of urea groups is 1. The van der Waals surface area contributed by atoms with Crippen LogP contribution in [0.25, 0.3) is 0 Å². The zero-order valence-electron chi connectivity index (χ0n) is 11.8. The molecule has 2 aliphatic heterocycles. The third-order valence-corrected chi connectivity index (χ3v) is 3.70. The van der Waals surface area contributed by atoms with Gasteiger partial charge in [0.05, 0.1) is 26.3 Å². The minimum Gasteiger partial charge on any atom is -0.370 e. The number of nitrogens with one attached hydrogen (secondary N) is 2. The van der Waals surface area contributed by atoms with Crippen molar-refractivity contribution in [3.05, 3.63) is 0 Å². The molecule has 0 spiro atoms. The van der Waals surface area contributed by atoms with Gasteiger partial charge < -0.3 is 15.0 Å². The average Bonchev–Trinajstić information content (AvgIpc) is 2.63. The maximum atomic E-state index is 12.1. The highest BCUT2D eigenvalue weighted by molar-refractivity contribution is 6.04. The number of carbonyl (C=O) groups excluding carboxylic acids is 2. The van der Waals surface area contributed by atoms with Crippen LogP contribution in [-0.4, -0.2) is 62.3 Å². The number of morpholine rings is 1. The SMILES string of the molecule is CC(C)C[C@@H]1NC(=O)N(CC[NH+]2CCOCC2)C1=O. The molecule has 0 radical (unpaired) electrons. The summed E-state index contributed by atoms with van der Waals surface area (Å²) in [5.74, 6) is 0.338. The highest BCUT2D eigenvalue weighted by atomic mass is 16.5. The van der Waals surface area contributed by atoms with Crippen LogP contribution in [0.3, 0.4) is 0 Å². The molecule has 0 aromatic heterocycles. The molecule has 2 heterocycles. The Morgan fingerprint density at radius 2 is 2.05 bits per heavy atom. The summed E-state index contributed by atoms with van der Waals surface area (Å²) in [6, 6.07) is -0.560. The summed E-state index contributed by atoms with van der Waals surface area (Å²) in [4.78, 5) is 26.7. The Bertz CT molecular complexity index is 340. The molecule has 6 heteroatoms. The summed E-state index contributed by atoms with van der Waals surface area (Å²) >= 11 is 0. The maximum Gasteiger partial charge on any atom is 0.325 e. The Kier molecular flexibility index (Phi) is 4.76. The molecule has 0 unspecified atom stereocenters. The molecule has 3 amide bonds. The topological polar surface area (TPSA) is 63.1 Å². The molecule has 2 fully saturated rings. The van der Waals surface area contributed by atoms with Gasteiger partial charge in [0.1, 0.15) is 19.1 Å². The summed E-state index contributed by atoms with van der Waals surface area (Å²) in [6.07, 6.45) is 0.714. The highest BCUT2D eigenvalue weighted by Crippen LogP contribution is 2.13. The second-order valence-electron chi connectivity index (χ2n) is 5.73. The van der Waals surface area contributed by atoms with Crippen molar-refractivity contribution >= 4 is 11.9 Å². The molecular weight excluding hydrogens is 246 g/mol. The lowest BCUT2D eigenvalue weighted by Gasteiger charge is -2.25. The average molecular weight is 270 g/mol. The third kappa shape index (κ3) is 3.67. The molecule has 0 aromatic carbocycles. The number of ether oxygens (including phenoxy) is 1. The molecule has 0 saturated carbocycles. The van der Waals surface area contributed by atoms with E-state index in [1.54, 1.807) is 0 Å². The first-order valence-electron chi connectivity index (χ1n) is 7.11. The van der Waals surface area contributed by atoms with Crippen LogP contribution in [0.5, 0.6) is 0 Å². The Hall–Kier alpha value is -1.14. The number of carbonyl (C=O) groups is 2. The van der Waals surface area contributed by atoms with Crippen molar-refractivity contribution in [2.45, 2.75) is 26.3 Å². The van der Waals surface area contributed by atoms with Gasteiger partial charge in [0.2, 0.25) is 0 Å². The number of hydrogen-bond acceptors (Lipinski definition) is 3. The van der Waals surface area contributed by atoms with Crippen molar-refractivity contribution in [2.75, 3.05) is 39.4 Å². The van der Waals surface area contributed by atoms with Crippen LogP contribution in [0, 0.1) is 5.92 Å². The largest absolute Gasteiger partial charge is 0.370 e. The Morgan fingerprint density at radius 3 is 2.68 bits per heavy atom. The van der Waals surface area contributed by atoms with Gasteiger partial charge >= 0.3 is 6.03 Å². The molecule has 0 aromatic rings. The fourth-order valence-corrected chi connectivity index (χ4v) is 2.60. The summed E-state index contributed by atoms with van der Waals surface area (Å²) < 4.78 is 5.29. The number of hydrogen-bond donors (Lipinski definition) is 2. The zero-order chi connectivity index (χ0) is 13.8. The normalized spacial score (nSPS) is 25.2. The van der Waals surface area contributed by atoms with Gasteiger partial charge in [-0.1, -0.05) is 13.8 Å². The van der Waals surface area contributed by atoms with E-state index in [-0.39, 0.29) is 18.0 Å². The first-order valence-corrected chi connectivity index (χ1v) is 7.11. The van der Waals surface area contributed by atoms with E-state index in [9.17, 15) is 9.59 Å². The standard InChI is InChI=1S/C13H23N3O3/c1-10(2)9-11-12(17)16(13(18)14-11)4-3-15-5-7-19-8-6-15/h10-11H,3-9H2,1-2H3,(H,14,18)/p+1/t11-/m0/s1. The van der Waals surface area contributed by atoms with E-state index in [1.165, 1.54) is 9.80 Å². The lowest BCUT2D eigenvalue weighted by Crippen LogP contribution is -3.14. The first kappa shape index (κ1) is 14.3. The molecule has 1 atom stereocenters. The van der Waals surface area contributed by atoms with Crippen molar-refractivity contribution in [3.8, 4) is 0 Å². The molecule has 6 nitrogen and oxygen atoms in total. The monoisotopic (exact) mass is 270 g/mol. The summed E-state index contributed by atoms with van der Waals surface area (Å²) in [7, 11) is 0. The molecule has 2 rings (SSSR count). The van der Waals surface area contributed by atoms with Crippen molar-refractivity contribution in [1.29, 1.82) is 0 Å². The summed E-state index contributed by atoms with van der Waals surface area (Å²) in [5, 5.41) is 2.78. The van der Waals surface area contributed by atoms with E-state index >= 15 is 0 Å². The lowest BCUT2D eigenvalue weighted by atomic mass is 10.0. The third-order valence-electron chi connectivity index (χ3n) is 3.70. The highest BCUT2D eigenvalue weighted by Gasteiger charge is 2.38. The molecule has 2 N–H and O–H groups in total. The minimum atomic E-state index is -0.327. The molecule has 0 aliphatic carbocycles. The number of rotatable bonds is 5. The first-order chi connectivity index (χ1) is 9.08. The van der Waals surface area contributed by atoms with Crippen LogP contribution in [0.2, 0.25) is 0 Å². The molecule has 2 saturated heterocycles. The van der Waals surface area contributed by atoms with Crippen molar-refractivity contribution < 1.29 is 19.2 Å². The predicted molar refractivity (Wildman–Crippen MR) is 69.9 cm³/mol. The zero-order valence-corrected chi connectivity index (χ0v) is 11.8. The van der Waals surface area contributed by atoms with Gasteiger partial charge in [-0.25, -0.2) is 4.79 Å². The predicted octanol–water partition coefficient (Wildman–Crippen LogP) is -1.13. The Labute approximate surface area is 114 Å². The summed E-state index contributed by atoms with van der Waals surface area (Å²) in [5.41, 5.74) is 0. The van der Waals surface area contributed by atoms with Gasteiger partial charge in [-0.2, -0.15) is 0 Å². The van der Waals surface area contributed by atoms with E-state index < -0.39 is 0 Å². The fourth-order valence-electron chi connectivity index (χ4n) is 2.60. The van der Waals surface area contributed by atoms with E-state index in [0.717, 1.165) is 32.8 Å². The molecule has 108 valence electrons. The van der Waals surface area contributed by atoms with Crippen LogP contribution in [0.15, 0.2) is 0 Å². The number of amides is 3. The van der Waals surface area contributed by atoms with Gasteiger partial charge in [-0.05, 0) is 12.3 Å². The second-order valence-corrected chi connectivity index (χ2v) is 5.73.